The Morgan fingerprint density at radius 2 is 2.29 bits per heavy atom. The van der Waals surface area contributed by atoms with E-state index in [1.165, 1.54) is 25.0 Å². The fraction of sp³-hybridized carbons (Fsp3) is 0.562. The summed E-state index contributed by atoms with van der Waals surface area (Å²) in [4.78, 5) is 4.69. The monoisotopic (exact) mass is 324 g/mol. The number of hydrogen-bond donors (Lipinski definition) is 0. The van der Waals surface area contributed by atoms with Gasteiger partial charge in [0.2, 0.25) is 0 Å². The molecular formula is C16H21ClN2OS. The third-order valence-electron chi connectivity index (χ3n) is 4.21. The van der Waals surface area contributed by atoms with Crippen LogP contribution in [0, 0.1) is 0 Å². The molecule has 2 atom stereocenters. The van der Waals surface area contributed by atoms with Crippen LogP contribution in [0.2, 0.25) is 0 Å². The zero-order chi connectivity index (χ0) is 14.8. The predicted octanol–water partition coefficient (Wildman–Crippen LogP) is 4.63. The summed E-state index contributed by atoms with van der Waals surface area (Å²) in [6.07, 6.45) is 3.71. The third kappa shape index (κ3) is 2.88. The van der Waals surface area contributed by atoms with Gasteiger partial charge in [-0.1, -0.05) is 6.92 Å². The Labute approximate surface area is 135 Å². The van der Waals surface area contributed by atoms with Crippen LogP contribution < -0.4 is 4.74 Å². The van der Waals surface area contributed by atoms with Crippen molar-refractivity contribution in [3.63, 3.8) is 0 Å². The van der Waals surface area contributed by atoms with E-state index in [0.717, 1.165) is 27.9 Å². The van der Waals surface area contributed by atoms with Gasteiger partial charge in [-0.25, -0.2) is 4.98 Å². The van der Waals surface area contributed by atoms with Gasteiger partial charge in [-0.2, -0.15) is 11.8 Å². The first-order valence-electron chi connectivity index (χ1n) is 7.49. The number of imidazole rings is 1. The number of hydrogen-bond acceptors (Lipinski definition) is 3. The molecule has 0 bridgehead atoms. The molecule has 0 saturated heterocycles. The first-order chi connectivity index (χ1) is 10.3. The summed E-state index contributed by atoms with van der Waals surface area (Å²) >= 11 is 8.21. The molecule has 0 radical (unpaired) electrons. The average molecular weight is 325 g/mol. The van der Waals surface area contributed by atoms with Crippen molar-refractivity contribution in [1.29, 1.82) is 0 Å². The first-order valence-corrected chi connectivity index (χ1v) is 9.07. The molecule has 1 heterocycles. The second kappa shape index (κ2) is 6.49. The van der Waals surface area contributed by atoms with Gasteiger partial charge in [0.1, 0.15) is 11.6 Å². The molecule has 0 aliphatic heterocycles. The number of thioether (sulfide) groups is 1. The second-order valence-corrected chi connectivity index (χ2v) is 7.28. The van der Waals surface area contributed by atoms with E-state index in [0.29, 0.717) is 11.9 Å². The van der Waals surface area contributed by atoms with Crippen molar-refractivity contribution in [3.05, 3.63) is 24.0 Å². The van der Waals surface area contributed by atoms with Gasteiger partial charge in [-0.3, -0.25) is 0 Å². The van der Waals surface area contributed by atoms with E-state index in [1.807, 2.05) is 12.1 Å². The Hall–Kier alpha value is -0.870. The van der Waals surface area contributed by atoms with Gasteiger partial charge in [0.25, 0.3) is 0 Å². The van der Waals surface area contributed by atoms with Gasteiger partial charge in [0, 0.05) is 17.4 Å². The van der Waals surface area contributed by atoms with Crippen LogP contribution in [-0.2, 0) is 5.88 Å². The van der Waals surface area contributed by atoms with E-state index < -0.39 is 0 Å². The lowest BCUT2D eigenvalue weighted by atomic mass is 10.2. The molecule has 3 rings (SSSR count). The van der Waals surface area contributed by atoms with Gasteiger partial charge in [0.05, 0.1) is 24.0 Å². The Balaban J connectivity index is 1.99. The number of ether oxygens (including phenoxy) is 1. The molecule has 1 aliphatic rings. The molecule has 0 amide bonds. The number of rotatable bonds is 5. The summed E-state index contributed by atoms with van der Waals surface area (Å²) in [6, 6.07) is 6.58. The number of aromatic nitrogens is 2. The number of benzene rings is 1. The van der Waals surface area contributed by atoms with E-state index in [2.05, 4.69) is 29.3 Å². The summed E-state index contributed by atoms with van der Waals surface area (Å²) in [6.45, 7) is 2.24. The van der Waals surface area contributed by atoms with Crippen molar-refractivity contribution in [2.24, 2.45) is 0 Å². The molecule has 3 nitrogen and oxygen atoms in total. The highest BCUT2D eigenvalue weighted by Crippen LogP contribution is 2.39. The van der Waals surface area contributed by atoms with Crippen LogP contribution in [0.15, 0.2) is 18.2 Å². The molecule has 1 aliphatic carbocycles. The molecule has 5 heteroatoms. The summed E-state index contributed by atoms with van der Waals surface area (Å²) in [5, 5.41) is 0.770. The molecule has 1 saturated carbocycles. The minimum absolute atomic E-state index is 0.457. The molecule has 1 aromatic carbocycles. The number of fused-ring (bicyclic) bond motifs is 1. The minimum Gasteiger partial charge on any atom is -0.497 e. The van der Waals surface area contributed by atoms with Crippen LogP contribution in [0.25, 0.3) is 11.0 Å². The lowest BCUT2D eigenvalue weighted by Gasteiger charge is -2.16. The summed E-state index contributed by atoms with van der Waals surface area (Å²) in [7, 11) is 1.70. The van der Waals surface area contributed by atoms with Gasteiger partial charge < -0.3 is 9.30 Å². The highest BCUT2D eigenvalue weighted by molar-refractivity contribution is 7.99. The Morgan fingerprint density at radius 3 is 3.00 bits per heavy atom. The SMILES string of the molecule is CCSC1CCC(n2c(CCl)nc3ccc(OC)cc32)C1. The van der Waals surface area contributed by atoms with E-state index in [4.69, 9.17) is 21.3 Å². The van der Waals surface area contributed by atoms with Gasteiger partial charge in [-0.05, 0) is 37.1 Å². The normalized spacial score (nSPS) is 22.0. The summed E-state index contributed by atoms with van der Waals surface area (Å²) < 4.78 is 7.71. The zero-order valence-corrected chi connectivity index (χ0v) is 14.1. The van der Waals surface area contributed by atoms with Crippen molar-refractivity contribution < 1.29 is 4.74 Å². The highest BCUT2D eigenvalue weighted by Gasteiger charge is 2.28. The second-order valence-electron chi connectivity index (χ2n) is 5.43. The quantitative estimate of drug-likeness (QED) is 0.750. The molecule has 2 unspecified atom stereocenters. The largest absolute Gasteiger partial charge is 0.497 e. The van der Waals surface area contributed by atoms with E-state index in [-0.39, 0.29) is 0 Å². The standard InChI is InChI=1S/C16H21ClN2OS/c1-3-21-13-6-4-11(8-13)19-15-9-12(20-2)5-7-14(15)18-16(19)10-17/h5,7,9,11,13H,3-4,6,8,10H2,1-2H3. The topological polar surface area (TPSA) is 27.1 Å². The molecule has 114 valence electrons. The fourth-order valence-corrected chi connectivity index (χ4v) is 4.61. The zero-order valence-electron chi connectivity index (χ0n) is 12.5. The van der Waals surface area contributed by atoms with E-state index in [1.54, 1.807) is 7.11 Å². The van der Waals surface area contributed by atoms with Crippen LogP contribution in [0.1, 0.15) is 38.1 Å². The lowest BCUT2D eigenvalue weighted by Crippen LogP contribution is -2.09. The molecule has 21 heavy (non-hydrogen) atoms. The third-order valence-corrected chi connectivity index (χ3v) is 5.69. The molecule has 0 N–H and O–H groups in total. The fourth-order valence-electron chi connectivity index (χ4n) is 3.29. The molecule has 2 aromatic rings. The number of nitrogens with zero attached hydrogens (tertiary/aromatic N) is 2. The number of alkyl halides is 1. The number of halogens is 1. The number of methoxy groups -OCH3 is 1. The lowest BCUT2D eigenvalue weighted by molar-refractivity contribution is 0.415. The maximum Gasteiger partial charge on any atom is 0.125 e. The molecule has 1 aromatic heterocycles. The Kier molecular flexibility index (Phi) is 4.65. The minimum atomic E-state index is 0.457. The average Bonchev–Trinajstić information content (AvgIpc) is 3.10. The van der Waals surface area contributed by atoms with Crippen molar-refractivity contribution >= 4 is 34.4 Å². The predicted molar refractivity (Wildman–Crippen MR) is 90.7 cm³/mol. The van der Waals surface area contributed by atoms with Gasteiger partial charge >= 0.3 is 0 Å². The smallest absolute Gasteiger partial charge is 0.125 e. The van der Waals surface area contributed by atoms with Crippen molar-refractivity contribution in [2.45, 2.75) is 43.4 Å². The van der Waals surface area contributed by atoms with Crippen LogP contribution in [0.4, 0.5) is 0 Å². The summed E-state index contributed by atoms with van der Waals surface area (Å²) in [5.41, 5.74) is 2.16. The molecule has 0 spiro atoms. The Bertz CT molecular complexity index is 628. The molecule has 1 fully saturated rings. The van der Waals surface area contributed by atoms with Crippen molar-refractivity contribution in [2.75, 3.05) is 12.9 Å². The van der Waals surface area contributed by atoms with Gasteiger partial charge in [-0.15, -0.1) is 11.6 Å². The molecular weight excluding hydrogens is 304 g/mol. The first kappa shape index (κ1) is 15.0. The van der Waals surface area contributed by atoms with Crippen molar-refractivity contribution in [3.8, 4) is 5.75 Å². The van der Waals surface area contributed by atoms with Crippen LogP contribution in [0.3, 0.4) is 0 Å². The Morgan fingerprint density at radius 1 is 1.43 bits per heavy atom. The van der Waals surface area contributed by atoms with Gasteiger partial charge in [0.15, 0.2) is 0 Å². The van der Waals surface area contributed by atoms with E-state index in [9.17, 15) is 0 Å². The van der Waals surface area contributed by atoms with E-state index >= 15 is 0 Å². The van der Waals surface area contributed by atoms with Crippen molar-refractivity contribution in [1.82, 2.24) is 9.55 Å². The van der Waals surface area contributed by atoms with Crippen LogP contribution in [-0.4, -0.2) is 27.7 Å². The van der Waals surface area contributed by atoms with Crippen LogP contribution in [0.5, 0.6) is 5.75 Å². The maximum absolute atomic E-state index is 6.13. The van der Waals surface area contributed by atoms with Crippen LogP contribution >= 0.6 is 23.4 Å². The summed E-state index contributed by atoms with van der Waals surface area (Å²) in [5.74, 6) is 3.51. The highest BCUT2D eigenvalue weighted by atomic mass is 35.5. The maximum atomic E-state index is 6.13.